The predicted octanol–water partition coefficient (Wildman–Crippen LogP) is 1.44. The number of carboxylic acid groups (broad SMARTS) is 1. The number of amides is 1. The first-order chi connectivity index (χ1) is 14.7. The van der Waals surface area contributed by atoms with Gasteiger partial charge in [0.1, 0.15) is 6.10 Å². The molecule has 2 heterocycles. The zero-order chi connectivity index (χ0) is 24.3. The molecule has 1 aromatic heterocycles. The number of aliphatic hydroxyl groups is 1. The van der Waals surface area contributed by atoms with E-state index in [1.165, 1.54) is 11.2 Å². The molecular weight excluding hydrogens is 455 g/mol. The molecule has 3 rings (SSSR count). The van der Waals surface area contributed by atoms with Crippen LogP contribution in [0.3, 0.4) is 0 Å². The Balaban J connectivity index is 0.000000451. The summed E-state index contributed by atoms with van der Waals surface area (Å²) in [6, 6.07) is 4.89. The van der Waals surface area contributed by atoms with Crippen molar-refractivity contribution in [3.63, 3.8) is 0 Å². The predicted molar refractivity (Wildman–Crippen MR) is 107 cm³/mol. The minimum atomic E-state index is -5.08. The average molecular weight is 477 g/mol. The van der Waals surface area contributed by atoms with Crippen molar-refractivity contribution in [2.45, 2.75) is 43.5 Å². The van der Waals surface area contributed by atoms with Crippen molar-refractivity contribution < 1.29 is 41.4 Å². The van der Waals surface area contributed by atoms with Gasteiger partial charge < -0.3 is 15.5 Å². The van der Waals surface area contributed by atoms with Crippen molar-refractivity contribution in [2.75, 3.05) is 13.1 Å². The Kier molecular flexibility index (Phi) is 7.80. The van der Waals surface area contributed by atoms with Gasteiger partial charge in [0.05, 0.1) is 4.90 Å². The highest BCUT2D eigenvalue weighted by Crippen LogP contribution is 2.28. The van der Waals surface area contributed by atoms with Crippen LogP contribution < -0.4 is 5.32 Å². The summed E-state index contributed by atoms with van der Waals surface area (Å²) in [6.45, 7) is 3.78. The maximum Gasteiger partial charge on any atom is 0.490 e. The lowest BCUT2D eigenvalue weighted by Crippen LogP contribution is -2.42. The molecule has 2 atom stereocenters. The number of aliphatic carboxylic acids is 1. The second kappa shape index (κ2) is 9.79. The number of hydrogen-bond acceptors (Lipinski definition) is 6. The lowest BCUT2D eigenvalue weighted by molar-refractivity contribution is -0.192. The van der Waals surface area contributed by atoms with E-state index >= 15 is 0 Å². The third-order valence-electron chi connectivity index (χ3n) is 4.70. The van der Waals surface area contributed by atoms with Crippen LogP contribution in [0.5, 0.6) is 0 Å². The van der Waals surface area contributed by atoms with E-state index < -0.39 is 34.2 Å². The maximum absolute atomic E-state index is 13.1. The molecular formula is C19H22F3N3O6S. The largest absolute Gasteiger partial charge is 0.490 e. The molecule has 0 radical (unpaired) electrons. The minimum Gasteiger partial charge on any atom is -0.475 e. The van der Waals surface area contributed by atoms with E-state index in [0.29, 0.717) is 18.4 Å². The molecule has 0 aliphatic carbocycles. The standard InChI is InChI=1S/C17H21N3O4S.C2HF3O2/c1-11-8-18-9-15-14(11)4-3-5-16(15)25(23,24)20-7-6-13(10-20)19-17(22)12(2)21;3-2(4,5)1(6)7/h3-5,8-9,12-13,21H,6-7,10H2,1-2H3,(H,19,22);(H,6,7)/t12-,13+;/m0./s1. The lowest BCUT2D eigenvalue weighted by atomic mass is 10.1. The fourth-order valence-electron chi connectivity index (χ4n) is 3.06. The molecule has 32 heavy (non-hydrogen) atoms. The number of carboxylic acids is 1. The lowest BCUT2D eigenvalue weighted by Gasteiger charge is -2.19. The summed E-state index contributed by atoms with van der Waals surface area (Å²) in [4.78, 5) is 24.8. The highest BCUT2D eigenvalue weighted by molar-refractivity contribution is 7.89. The number of nitrogens with one attached hydrogen (secondary N) is 1. The van der Waals surface area contributed by atoms with Gasteiger partial charge in [0.15, 0.2) is 0 Å². The Morgan fingerprint density at radius 2 is 1.88 bits per heavy atom. The summed E-state index contributed by atoms with van der Waals surface area (Å²) >= 11 is 0. The Morgan fingerprint density at radius 3 is 2.44 bits per heavy atom. The Labute approximate surface area is 181 Å². The Hall–Kier alpha value is -2.77. The van der Waals surface area contributed by atoms with Crippen LogP contribution in [0.1, 0.15) is 18.9 Å². The summed E-state index contributed by atoms with van der Waals surface area (Å²) in [7, 11) is -3.69. The van der Waals surface area contributed by atoms with E-state index in [0.717, 1.165) is 10.9 Å². The van der Waals surface area contributed by atoms with Crippen LogP contribution in [0.15, 0.2) is 35.5 Å². The van der Waals surface area contributed by atoms with E-state index in [1.54, 1.807) is 24.5 Å². The first-order valence-electron chi connectivity index (χ1n) is 9.37. The summed E-state index contributed by atoms with van der Waals surface area (Å²) in [5.74, 6) is -3.25. The first-order valence-corrected chi connectivity index (χ1v) is 10.8. The quantitative estimate of drug-likeness (QED) is 0.606. The second-order valence-corrected chi connectivity index (χ2v) is 9.05. The maximum atomic E-state index is 13.1. The van der Waals surface area contributed by atoms with Gasteiger partial charge in [-0.25, -0.2) is 13.2 Å². The number of pyridine rings is 1. The van der Waals surface area contributed by atoms with Crippen LogP contribution in [-0.4, -0.2) is 71.2 Å². The van der Waals surface area contributed by atoms with E-state index in [2.05, 4.69) is 10.3 Å². The molecule has 1 saturated heterocycles. The average Bonchev–Trinajstić information content (AvgIpc) is 3.17. The van der Waals surface area contributed by atoms with Crippen LogP contribution in [0.25, 0.3) is 10.8 Å². The molecule has 13 heteroatoms. The molecule has 1 amide bonds. The number of rotatable bonds is 4. The smallest absolute Gasteiger partial charge is 0.475 e. The van der Waals surface area contributed by atoms with E-state index in [-0.39, 0.29) is 17.5 Å². The van der Waals surface area contributed by atoms with Gasteiger partial charge in [0.25, 0.3) is 0 Å². The number of aromatic nitrogens is 1. The zero-order valence-electron chi connectivity index (χ0n) is 17.1. The van der Waals surface area contributed by atoms with E-state index in [4.69, 9.17) is 9.90 Å². The highest BCUT2D eigenvalue weighted by Gasteiger charge is 2.38. The van der Waals surface area contributed by atoms with Crippen LogP contribution >= 0.6 is 0 Å². The second-order valence-electron chi connectivity index (χ2n) is 7.14. The number of benzene rings is 1. The van der Waals surface area contributed by atoms with Gasteiger partial charge in [-0.05, 0) is 37.3 Å². The van der Waals surface area contributed by atoms with Crippen LogP contribution in [0, 0.1) is 6.92 Å². The van der Waals surface area contributed by atoms with Crippen LogP contribution in [0.2, 0.25) is 0 Å². The third kappa shape index (κ3) is 5.93. The number of nitrogens with zero attached hydrogens (tertiary/aromatic N) is 2. The summed E-state index contributed by atoms with van der Waals surface area (Å²) in [5, 5.41) is 20.5. The molecule has 1 fully saturated rings. The van der Waals surface area contributed by atoms with Crippen molar-refractivity contribution >= 4 is 32.7 Å². The number of carbonyl (C=O) groups is 2. The molecule has 1 aliphatic rings. The number of carbonyl (C=O) groups excluding carboxylic acids is 1. The molecule has 1 aliphatic heterocycles. The normalized spacial score (nSPS) is 18.0. The fourth-order valence-corrected chi connectivity index (χ4v) is 4.76. The van der Waals surface area contributed by atoms with Crippen molar-refractivity contribution in [1.82, 2.24) is 14.6 Å². The monoisotopic (exact) mass is 477 g/mol. The van der Waals surface area contributed by atoms with E-state index in [9.17, 15) is 31.5 Å². The van der Waals surface area contributed by atoms with Gasteiger partial charge in [0.2, 0.25) is 15.9 Å². The Morgan fingerprint density at radius 1 is 1.25 bits per heavy atom. The van der Waals surface area contributed by atoms with Crippen molar-refractivity contribution in [3.05, 3.63) is 36.2 Å². The zero-order valence-corrected chi connectivity index (χ0v) is 17.9. The van der Waals surface area contributed by atoms with Crippen molar-refractivity contribution in [3.8, 4) is 0 Å². The number of sulfonamides is 1. The molecule has 1 aromatic carbocycles. The first kappa shape index (κ1) is 25.5. The van der Waals surface area contributed by atoms with Crippen molar-refractivity contribution in [2.24, 2.45) is 0 Å². The molecule has 0 unspecified atom stereocenters. The molecule has 0 bridgehead atoms. The fraction of sp³-hybridized carbons (Fsp3) is 0.421. The minimum absolute atomic E-state index is 0.191. The summed E-state index contributed by atoms with van der Waals surface area (Å²) in [5.41, 5.74) is 0.915. The van der Waals surface area contributed by atoms with Gasteiger partial charge >= 0.3 is 12.1 Å². The van der Waals surface area contributed by atoms with Crippen LogP contribution in [0.4, 0.5) is 13.2 Å². The number of aliphatic hydroxyl groups excluding tert-OH is 1. The van der Waals surface area contributed by atoms with Gasteiger partial charge in [0, 0.05) is 36.9 Å². The number of halogens is 3. The molecule has 9 nitrogen and oxygen atoms in total. The number of hydrogen-bond donors (Lipinski definition) is 3. The summed E-state index contributed by atoms with van der Waals surface area (Å²) in [6.07, 6.45) is -2.41. The van der Waals surface area contributed by atoms with Gasteiger partial charge in [-0.3, -0.25) is 9.78 Å². The number of aryl methyl sites for hydroxylation is 1. The molecule has 0 spiro atoms. The van der Waals surface area contributed by atoms with Gasteiger partial charge in [-0.2, -0.15) is 17.5 Å². The Bertz CT molecular complexity index is 1110. The van der Waals surface area contributed by atoms with Crippen LogP contribution in [-0.2, 0) is 19.6 Å². The van der Waals surface area contributed by atoms with Gasteiger partial charge in [-0.15, -0.1) is 0 Å². The number of fused-ring (bicyclic) bond motifs is 1. The van der Waals surface area contributed by atoms with Gasteiger partial charge in [-0.1, -0.05) is 12.1 Å². The summed E-state index contributed by atoms with van der Waals surface area (Å²) < 4.78 is 59.2. The third-order valence-corrected chi connectivity index (χ3v) is 6.62. The molecule has 0 saturated carbocycles. The molecule has 2 aromatic rings. The SMILES string of the molecule is Cc1cncc2c(S(=O)(=O)N3CC[C@@H](NC(=O)[C@H](C)O)C3)cccc12.O=C(O)C(F)(F)F. The van der Waals surface area contributed by atoms with E-state index in [1.807, 2.05) is 13.0 Å². The van der Waals surface area contributed by atoms with Crippen molar-refractivity contribution in [1.29, 1.82) is 0 Å². The molecule has 3 N–H and O–H groups in total. The molecule has 176 valence electrons. The highest BCUT2D eigenvalue weighted by atomic mass is 32.2. The number of alkyl halides is 3. The topological polar surface area (TPSA) is 137 Å².